The molecule has 0 fully saturated rings. The molecular formula is C24H27FN2O4. The number of ether oxygens (including phenoxy) is 1. The van der Waals surface area contributed by atoms with E-state index in [0.717, 1.165) is 0 Å². The summed E-state index contributed by atoms with van der Waals surface area (Å²) in [5, 5.41) is 5.24. The zero-order chi connectivity index (χ0) is 22.8. The second kappa shape index (κ2) is 11.6. The predicted molar refractivity (Wildman–Crippen MR) is 116 cm³/mol. The van der Waals surface area contributed by atoms with Crippen molar-refractivity contribution in [2.75, 3.05) is 6.61 Å². The first-order valence-electron chi connectivity index (χ1n) is 10.1. The Hall–Kier alpha value is -3.48. The van der Waals surface area contributed by atoms with Gasteiger partial charge < -0.3 is 15.4 Å². The van der Waals surface area contributed by atoms with Crippen LogP contribution in [0.25, 0.3) is 6.08 Å². The number of carbonyl (C=O) groups is 3. The predicted octanol–water partition coefficient (Wildman–Crippen LogP) is 3.69. The lowest BCUT2D eigenvalue weighted by atomic mass is 10.0. The van der Waals surface area contributed by atoms with Gasteiger partial charge in [0.25, 0.3) is 11.8 Å². The molecule has 6 nitrogen and oxygen atoms in total. The van der Waals surface area contributed by atoms with Gasteiger partial charge in [-0.3, -0.25) is 9.59 Å². The van der Waals surface area contributed by atoms with Crippen molar-refractivity contribution < 1.29 is 23.5 Å². The third-order valence-electron chi connectivity index (χ3n) is 4.29. The standard InChI is InChI=1S/C24H27FN2O4/c1-4-31-24(30)21(14-16(2)3)27-23(29)20(15-17-10-12-19(25)13-11-17)26-22(28)18-8-6-5-7-9-18/h5-13,15-16,21H,4,14H2,1-3H3,(H,26,28)(H,27,29)/b20-15+/t21-/m1/s1. The summed E-state index contributed by atoms with van der Waals surface area (Å²) >= 11 is 0. The Balaban J connectivity index is 2.31. The highest BCUT2D eigenvalue weighted by atomic mass is 19.1. The van der Waals surface area contributed by atoms with Crippen molar-refractivity contribution in [3.8, 4) is 0 Å². The molecule has 0 radical (unpaired) electrons. The van der Waals surface area contributed by atoms with Crippen LogP contribution < -0.4 is 10.6 Å². The molecule has 31 heavy (non-hydrogen) atoms. The highest BCUT2D eigenvalue weighted by molar-refractivity contribution is 6.06. The first-order chi connectivity index (χ1) is 14.8. The SMILES string of the molecule is CCOC(=O)[C@@H](CC(C)C)NC(=O)/C(=C\c1ccc(F)cc1)NC(=O)c1ccccc1. The van der Waals surface area contributed by atoms with Crippen LogP contribution in [0.1, 0.15) is 43.1 Å². The molecule has 0 saturated carbocycles. The Labute approximate surface area is 181 Å². The second-order valence-corrected chi connectivity index (χ2v) is 7.34. The summed E-state index contributed by atoms with van der Waals surface area (Å²) in [4.78, 5) is 37.9. The second-order valence-electron chi connectivity index (χ2n) is 7.34. The van der Waals surface area contributed by atoms with Crippen molar-refractivity contribution in [2.24, 2.45) is 5.92 Å². The number of nitrogens with one attached hydrogen (secondary N) is 2. The van der Waals surface area contributed by atoms with Crippen LogP contribution in [0.3, 0.4) is 0 Å². The van der Waals surface area contributed by atoms with Crippen LogP contribution in [0, 0.1) is 11.7 Å². The Bertz CT molecular complexity index is 924. The molecule has 0 bridgehead atoms. The lowest BCUT2D eigenvalue weighted by Gasteiger charge is -2.20. The summed E-state index contributed by atoms with van der Waals surface area (Å²) in [5.41, 5.74) is 0.805. The van der Waals surface area contributed by atoms with E-state index in [9.17, 15) is 18.8 Å². The normalized spacial score (nSPS) is 12.2. The van der Waals surface area contributed by atoms with E-state index in [0.29, 0.717) is 17.5 Å². The quantitative estimate of drug-likeness (QED) is 0.473. The smallest absolute Gasteiger partial charge is 0.328 e. The monoisotopic (exact) mass is 426 g/mol. The van der Waals surface area contributed by atoms with E-state index < -0.39 is 29.6 Å². The fraction of sp³-hybridized carbons (Fsp3) is 0.292. The molecule has 2 aromatic carbocycles. The highest BCUT2D eigenvalue weighted by Gasteiger charge is 2.25. The number of amides is 2. The molecule has 2 N–H and O–H groups in total. The summed E-state index contributed by atoms with van der Waals surface area (Å²) in [5.74, 6) is -1.97. The van der Waals surface area contributed by atoms with Crippen molar-refractivity contribution in [1.82, 2.24) is 10.6 Å². The Morgan fingerprint density at radius 2 is 1.68 bits per heavy atom. The molecule has 0 aliphatic carbocycles. The maximum atomic E-state index is 13.2. The van der Waals surface area contributed by atoms with Crippen molar-refractivity contribution in [3.63, 3.8) is 0 Å². The molecule has 0 saturated heterocycles. The molecule has 2 amide bonds. The number of hydrogen-bond donors (Lipinski definition) is 2. The average molecular weight is 426 g/mol. The number of benzene rings is 2. The Kier molecular flexibility index (Phi) is 8.94. The van der Waals surface area contributed by atoms with Gasteiger partial charge in [-0.05, 0) is 55.2 Å². The van der Waals surface area contributed by atoms with Gasteiger partial charge in [-0.2, -0.15) is 0 Å². The summed E-state index contributed by atoms with van der Waals surface area (Å²) in [6, 6.07) is 13.0. The number of carbonyl (C=O) groups excluding carboxylic acids is 3. The van der Waals surface area contributed by atoms with E-state index >= 15 is 0 Å². The van der Waals surface area contributed by atoms with E-state index in [1.54, 1.807) is 37.3 Å². The molecular weight excluding hydrogens is 399 g/mol. The first-order valence-corrected chi connectivity index (χ1v) is 10.1. The topological polar surface area (TPSA) is 84.5 Å². The van der Waals surface area contributed by atoms with Crippen LogP contribution >= 0.6 is 0 Å². The molecule has 0 aliphatic heterocycles. The lowest BCUT2D eigenvalue weighted by molar-refractivity contribution is -0.147. The van der Waals surface area contributed by atoms with Gasteiger partial charge in [0.2, 0.25) is 0 Å². The van der Waals surface area contributed by atoms with E-state index in [4.69, 9.17) is 4.74 Å². The van der Waals surface area contributed by atoms with Gasteiger partial charge in [-0.1, -0.05) is 44.2 Å². The molecule has 0 unspecified atom stereocenters. The van der Waals surface area contributed by atoms with Crippen LogP contribution in [0.4, 0.5) is 4.39 Å². The number of hydrogen-bond acceptors (Lipinski definition) is 4. The molecule has 164 valence electrons. The average Bonchev–Trinajstić information content (AvgIpc) is 2.74. The maximum Gasteiger partial charge on any atom is 0.328 e. The van der Waals surface area contributed by atoms with Crippen LogP contribution in [0.5, 0.6) is 0 Å². The summed E-state index contributed by atoms with van der Waals surface area (Å²) in [7, 11) is 0. The lowest BCUT2D eigenvalue weighted by Crippen LogP contribution is -2.45. The summed E-state index contributed by atoms with van der Waals surface area (Å²) in [6.45, 7) is 5.72. The van der Waals surface area contributed by atoms with Crippen molar-refractivity contribution >= 4 is 23.9 Å². The minimum Gasteiger partial charge on any atom is -0.464 e. The molecule has 7 heteroatoms. The van der Waals surface area contributed by atoms with Gasteiger partial charge >= 0.3 is 5.97 Å². The third-order valence-corrected chi connectivity index (χ3v) is 4.29. The van der Waals surface area contributed by atoms with E-state index in [1.165, 1.54) is 30.3 Å². The minimum atomic E-state index is -0.863. The molecule has 1 atom stereocenters. The number of rotatable bonds is 9. The van der Waals surface area contributed by atoms with Gasteiger partial charge in [-0.15, -0.1) is 0 Å². The Morgan fingerprint density at radius 3 is 2.26 bits per heavy atom. The van der Waals surface area contributed by atoms with Gasteiger partial charge in [-0.25, -0.2) is 9.18 Å². The third kappa shape index (κ3) is 7.70. The van der Waals surface area contributed by atoms with Gasteiger partial charge in [0.15, 0.2) is 0 Å². The molecule has 0 heterocycles. The van der Waals surface area contributed by atoms with Crippen LogP contribution in [0.15, 0.2) is 60.3 Å². The first kappa shape index (κ1) is 23.8. The van der Waals surface area contributed by atoms with Gasteiger partial charge in [0.1, 0.15) is 17.6 Å². The van der Waals surface area contributed by atoms with Crippen molar-refractivity contribution in [3.05, 3.63) is 77.2 Å². The minimum absolute atomic E-state index is 0.0708. The van der Waals surface area contributed by atoms with Crippen molar-refractivity contribution in [2.45, 2.75) is 33.2 Å². The fourth-order valence-corrected chi connectivity index (χ4v) is 2.83. The van der Waals surface area contributed by atoms with E-state index in [-0.39, 0.29) is 18.2 Å². The van der Waals surface area contributed by atoms with E-state index in [1.807, 2.05) is 13.8 Å². The fourth-order valence-electron chi connectivity index (χ4n) is 2.83. The van der Waals surface area contributed by atoms with Gasteiger partial charge in [0, 0.05) is 5.56 Å². The number of halogens is 1. The van der Waals surface area contributed by atoms with Crippen LogP contribution in [0.2, 0.25) is 0 Å². The highest BCUT2D eigenvalue weighted by Crippen LogP contribution is 2.11. The van der Waals surface area contributed by atoms with Gasteiger partial charge in [0.05, 0.1) is 6.61 Å². The van der Waals surface area contributed by atoms with Crippen LogP contribution in [-0.2, 0) is 14.3 Å². The summed E-state index contributed by atoms with van der Waals surface area (Å²) in [6.07, 6.45) is 1.80. The van der Waals surface area contributed by atoms with E-state index in [2.05, 4.69) is 10.6 Å². The molecule has 2 rings (SSSR count). The van der Waals surface area contributed by atoms with Crippen molar-refractivity contribution in [1.29, 1.82) is 0 Å². The van der Waals surface area contributed by atoms with Crippen LogP contribution in [-0.4, -0.2) is 30.4 Å². The molecule has 2 aromatic rings. The molecule has 0 aliphatic rings. The molecule has 0 aromatic heterocycles. The number of esters is 1. The molecule has 0 spiro atoms. The zero-order valence-corrected chi connectivity index (χ0v) is 17.9. The summed E-state index contributed by atoms with van der Waals surface area (Å²) < 4.78 is 18.3. The maximum absolute atomic E-state index is 13.2. The largest absolute Gasteiger partial charge is 0.464 e. The Morgan fingerprint density at radius 1 is 1.03 bits per heavy atom. The zero-order valence-electron chi connectivity index (χ0n) is 17.9.